The van der Waals surface area contributed by atoms with E-state index in [0.717, 1.165) is 11.8 Å². The summed E-state index contributed by atoms with van der Waals surface area (Å²) in [5.74, 6) is -1.53. The number of carbonyl (C=O) groups is 1. The summed E-state index contributed by atoms with van der Waals surface area (Å²) in [4.78, 5) is 16.0. The zero-order valence-corrected chi connectivity index (χ0v) is 18.3. The Balaban J connectivity index is 1.57. The smallest absolute Gasteiger partial charge is 0.268 e. The number of hydrogen-bond donors (Lipinski definition) is 1. The average Bonchev–Trinajstić information content (AvgIpc) is 3.09. The summed E-state index contributed by atoms with van der Waals surface area (Å²) in [5, 5.41) is 9.43. The molecule has 0 bridgehead atoms. The van der Waals surface area contributed by atoms with Crippen LogP contribution in [-0.2, 0) is 9.53 Å². The summed E-state index contributed by atoms with van der Waals surface area (Å²) >= 11 is 0. The highest BCUT2D eigenvalue weighted by Gasteiger charge is 2.35. The summed E-state index contributed by atoms with van der Waals surface area (Å²) < 4.78 is 38.6. The molecule has 1 atom stereocenters. The molecule has 2 aliphatic rings. The van der Waals surface area contributed by atoms with Crippen molar-refractivity contribution in [3.05, 3.63) is 65.1 Å². The summed E-state index contributed by atoms with van der Waals surface area (Å²) in [6, 6.07) is 10.7. The summed E-state index contributed by atoms with van der Waals surface area (Å²) in [6.07, 6.45) is 0.530. The Morgan fingerprint density at radius 3 is 2.55 bits per heavy atom. The minimum absolute atomic E-state index is 0.0312. The monoisotopic (exact) mass is 454 g/mol. The van der Waals surface area contributed by atoms with Gasteiger partial charge in [0.1, 0.15) is 23.4 Å². The first-order chi connectivity index (χ1) is 15.8. The van der Waals surface area contributed by atoms with Gasteiger partial charge in [-0.15, -0.1) is 0 Å². The van der Waals surface area contributed by atoms with Crippen molar-refractivity contribution in [3.63, 3.8) is 0 Å². The van der Waals surface area contributed by atoms with Crippen LogP contribution in [0.2, 0.25) is 0 Å². The van der Waals surface area contributed by atoms with Gasteiger partial charge in [-0.2, -0.15) is 5.26 Å². The summed E-state index contributed by atoms with van der Waals surface area (Å²) in [7, 11) is 0. The summed E-state index contributed by atoms with van der Waals surface area (Å²) in [6.45, 7) is 4.69. The van der Waals surface area contributed by atoms with Gasteiger partial charge in [-0.25, -0.2) is 8.78 Å². The van der Waals surface area contributed by atoms with Crippen LogP contribution in [0, 0.1) is 23.0 Å². The molecule has 1 saturated heterocycles. The molecule has 172 valence electrons. The van der Waals surface area contributed by atoms with Crippen LogP contribution in [0.4, 0.5) is 20.2 Å². The number of ether oxygens (including phenoxy) is 2. The lowest BCUT2D eigenvalue weighted by Gasteiger charge is -2.37. The van der Waals surface area contributed by atoms with Crippen LogP contribution in [-0.4, -0.2) is 31.3 Å². The number of carbonyl (C=O) groups excluding carboxylic acids is 1. The first-order valence-electron chi connectivity index (χ1n) is 10.7. The van der Waals surface area contributed by atoms with Crippen molar-refractivity contribution in [3.8, 4) is 11.8 Å². The Kier molecular flexibility index (Phi) is 6.09. The minimum atomic E-state index is -0.726. The van der Waals surface area contributed by atoms with Gasteiger partial charge in [-0.3, -0.25) is 9.69 Å². The lowest BCUT2D eigenvalue weighted by molar-refractivity contribution is -0.114. The second-order valence-electron chi connectivity index (χ2n) is 8.05. The maximum Gasteiger partial charge on any atom is 0.268 e. The number of primary amides is 1. The quantitative estimate of drug-likeness (QED) is 0.739. The van der Waals surface area contributed by atoms with E-state index in [2.05, 4.69) is 11.0 Å². The molecule has 0 aromatic heterocycles. The third-order valence-corrected chi connectivity index (χ3v) is 5.85. The van der Waals surface area contributed by atoms with Crippen molar-refractivity contribution in [1.82, 2.24) is 0 Å². The highest BCUT2D eigenvalue weighted by atomic mass is 19.1. The highest BCUT2D eigenvalue weighted by Crippen LogP contribution is 2.39. The molecule has 4 rings (SSSR count). The van der Waals surface area contributed by atoms with Crippen LogP contribution in [0.15, 0.2) is 47.9 Å². The molecule has 1 fully saturated rings. The molecule has 0 aliphatic carbocycles. The van der Waals surface area contributed by atoms with Gasteiger partial charge in [0.15, 0.2) is 17.8 Å². The zero-order chi connectivity index (χ0) is 23.7. The second kappa shape index (κ2) is 8.98. The van der Waals surface area contributed by atoms with Crippen molar-refractivity contribution in [2.45, 2.75) is 39.0 Å². The molecule has 1 unspecified atom stereocenters. The van der Waals surface area contributed by atoms with Crippen LogP contribution in [0.3, 0.4) is 0 Å². The predicted octanol–water partition coefficient (Wildman–Crippen LogP) is 3.78. The molecular formula is C24H24F2N4O3. The molecule has 0 spiro atoms. The highest BCUT2D eigenvalue weighted by molar-refractivity contribution is 5.98. The van der Waals surface area contributed by atoms with E-state index in [4.69, 9.17) is 15.2 Å². The number of rotatable bonds is 5. The molecule has 0 radical (unpaired) electrons. The van der Waals surface area contributed by atoms with Crippen LogP contribution >= 0.6 is 0 Å². The van der Waals surface area contributed by atoms with Crippen LogP contribution in [0.5, 0.6) is 5.75 Å². The van der Waals surface area contributed by atoms with Crippen molar-refractivity contribution >= 4 is 17.3 Å². The fourth-order valence-corrected chi connectivity index (χ4v) is 4.34. The van der Waals surface area contributed by atoms with Crippen LogP contribution in [0.25, 0.3) is 0 Å². The molecule has 2 aromatic carbocycles. The van der Waals surface area contributed by atoms with E-state index in [1.165, 1.54) is 12.1 Å². The Labute approximate surface area is 190 Å². The third kappa shape index (κ3) is 4.42. The number of nitrogens with two attached hydrogens (primary N) is 1. The predicted molar refractivity (Wildman–Crippen MR) is 118 cm³/mol. The fourth-order valence-electron chi connectivity index (χ4n) is 4.34. The average molecular weight is 454 g/mol. The molecule has 2 heterocycles. The van der Waals surface area contributed by atoms with Crippen molar-refractivity contribution in [2.24, 2.45) is 5.73 Å². The molecule has 2 N–H and O–H groups in total. The number of nitriles is 1. The van der Waals surface area contributed by atoms with Crippen molar-refractivity contribution in [2.75, 3.05) is 22.9 Å². The van der Waals surface area contributed by atoms with Gasteiger partial charge in [0.05, 0.1) is 23.0 Å². The Hall–Kier alpha value is -3.80. The van der Waals surface area contributed by atoms with Gasteiger partial charge in [0.2, 0.25) is 0 Å². The molecule has 0 saturated carbocycles. The van der Waals surface area contributed by atoms with E-state index in [1.54, 1.807) is 30.9 Å². The normalized spacial score (nSPS) is 18.8. The maximum atomic E-state index is 14.0. The molecule has 2 aliphatic heterocycles. The molecular weight excluding hydrogens is 430 g/mol. The Morgan fingerprint density at radius 2 is 1.91 bits per heavy atom. The number of allylic oxidation sites excluding steroid dienone is 1. The zero-order valence-electron chi connectivity index (χ0n) is 18.3. The van der Waals surface area contributed by atoms with Gasteiger partial charge in [0, 0.05) is 32.0 Å². The Bertz CT molecular complexity index is 1150. The van der Waals surface area contributed by atoms with Crippen molar-refractivity contribution in [1.29, 1.82) is 5.26 Å². The number of hydrogen-bond acceptors (Lipinski definition) is 6. The number of piperidine rings is 1. The molecule has 1 amide bonds. The second-order valence-corrected chi connectivity index (χ2v) is 8.05. The fraction of sp³-hybridized carbons (Fsp3) is 0.333. The first kappa shape index (κ1) is 22.4. The van der Waals surface area contributed by atoms with Crippen molar-refractivity contribution < 1.29 is 23.0 Å². The molecule has 33 heavy (non-hydrogen) atoms. The number of halogens is 2. The summed E-state index contributed by atoms with van der Waals surface area (Å²) in [5.41, 5.74) is 7.79. The van der Waals surface area contributed by atoms with Gasteiger partial charge < -0.3 is 20.1 Å². The van der Waals surface area contributed by atoms with E-state index < -0.39 is 23.8 Å². The van der Waals surface area contributed by atoms with E-state index in [0.29, 0.717) is 42.9 Å². The number of anilines is 2. The topological polar surface area (TPSA) is 91.8 Å². The van der Waals surface area contributed by atoms with E-state index >= 15 is 0 Å². The standard InChI is InChI=1S/C24H24F2N4O3/c1-14-23(24(28)31)30(15(2)32-14)21-11-16(13-27)3-5-20(21)29-9-7-18(8-10-29)33-22-6-4-17(25)12-19(22)26/h3-6,11-12,15,18H,7-10H2,1-2H3,(H2,28,31). The van der Waals surface area contributed by atoms with Gasteiger partial charge >= 0.3 is 0 Å². The lowest BCUT2D eigenvalue weighted by Crippen LogP contribution is -2.40. The maximum absolute atomic E-state index is 14.0. The Morgan fingerprint density at radius 1 is 1.18 bits per heavy atom. The molecule has 9 heteroatoms. The number of nitrogens with zero attached hydrogens (tertiary/aromatic N) is 3. The lowest BCUT2D eigenvalue weighted by atomic mass is 10.0. The van der Waals surface area contributed by atoms with Gasteiger partial charge in [-0.1, -0.05) is 0 Å². The van der Waals surface area contributed by atoms with E-state index in [-0.39, 0.29) is 17.6 Å². The molecule has 2 aromatic rings. The minimum Gasteiger partial charge on any atom is -0.487 e. The van der Waals surface area contributed by atoms with Crippen LogP contribution in [0.1, 0.15) is 32.3 Å². The first-order valence-corrected chi connectivity index (χ1v) is 10.7. The third-order valence-electron chi connectivity index (χ3n) is 5.85. The van der Waals surface area contributed by atoms with E-state index in [1.807, 2.05) is 6.07 Å². The molecule has 7 nitrogen and oxygen atoms in total. The number of amides is 1. The van der Waals surface area contributed by atoms with Crippen LogP contribution < -0.4 is 20.3 Å². The largest absolute Gasteiger partial charge is 0.487 e. The van der Waals surface area contributed by atoms with Gasteiger partial charge in [0.25, 0.3) is 5.91 Å². The van der Waals surface area contributed by atoms with Gasteiger partial charge in [-0.05, 0) is 44.2 Å². The van der Waals surface area contributed by atoms with E-state index in [9.17, 15) is 18.8 Å². The number of benzene rings is 2. The SMILES string of the molecule is CC1=C(C(N)=O)N(c2cc(C#N)ccc2N2CCC(Oc3ccc(F)cc3F)CC2)C(C)O1.